The van der Waals surface area contributed by atoms with Crippen LogP contribution in [0.4, 0.5) is 5.82 Å². The molecule has 0 atom stereocenters. The van der Waals surface area contributed by atoms with E-state index >= 15 is 0 Å². The minimum Gasteiger partial charge on any atom is -0.369 e. The minimum atomic E-state index is 0.362. The van der Waals surface area contributed by atoms with Crippen LogP contribution >= 0.6 is 11.6 Å². The lowest BCUT2D eigenvalue weighted by Crippen LogP contribution is -2.29. The van der Waals surface area contributed by atoms with E-state index in [2.05, 4.69) is 27.3 Å². The smallest absolute Gasteiger partial charge is 0.255 e. The van der Waals surface area contributed by atoms with E-state index in [1.54, 1.807) is 10.6 Å². The highest BCUT2D eigenvalue weighted by Crippen LogP contribution is 2.35. The Morgan fingerprint density at radius 2 is 2.16 bits per heavy atom. The first kappa shape index (κ1) is 12.7. The van der Waals surface area contributed by atoms with Crippen LogP contribution in [0.1, 0.15) is 39.0 Å². The summed E-state index contributed by atoms with van der Waals surface area (Å²) in [5, 5.41) is 8.07. The molecule has 2 aromatic heterocycles. The fraction of sp³-hybridized carbons (Fsp3) is 0.615. The molecule has 2 aromatic rings. The van der Waals surface area contributed by atoms with Gasteiger partial charge in [0.15, 0.2) is 0 Å². The average Bonchev–Trinajstić information content (AvgIpc) is 2.85. The van der Waals surface area contributed by atoms with E-state index in [4.69, 9.17) is 11.6 Å². The van der Waals surface area contributed by atoms with Crippen LogP contribution in [0.5, 0.6) is 0 Å². The molecule has 5 nitrogen and oxygen atoms in total. The van der Waals surface area contributed by atoms with Crippen molar-refractivity contribution in [3.63, 3.8) is 0 Å². The first-order valence-electron chi connectivity index (χ1n) is 6.76. The second-order valence-corrected chi connectivity index (χ2v) is 6.05. The molecule has 0 spiro atoms. The Labute approximate surface area is 117 Å². The van der Waals surface area contributed by atoms with Gasteiger partial charge < -0.3 is 5.32 Å². The number of aromatic nitrogens is 4. The summed E-state index contributed by atoms with van der Waals surface area (Å²) in [7, 11) is 0. The summed E-state index contributed by atoms with van der Waals surface area (Å²) in [5.74, 6) is 1.39. The van der Waals surface area contributed by atoms with Crippen molar-refractivity contribution in [2.75, 3.05) is 11.9 Å². The van der Waals surface area contributed by atoms with Gasteiger partial charge in [-0.3, -0.25) is 0 Å². The summed E-state index contributed by atoms with van der Waals surface area (Å²) < 4.78 is 1.69. The van der Waals surface area contributed by atoms with Crippen LogP contribution in [0.15, 0.2) is 12.4 Å². The topological polar surface area (TPSA) is 55.1 Å². The van der Waals surface area contributed by atoms with Gasteiger partial charge >= 0.3 is 0 Å². The Kier molecular flexibility index (Phi) is 3.31. The van der Waals surface area contributed by atoms with Crippen molar-refractivity contribution in [2.24, 2.45) is 5.41 Å². The molecular weight excluding hydrogens is 262 g/mol. The lowest BCUT2D eigenvalue weighted by atomic mass is 9.76. The number of hydrogen-bond acceptors (Lipinski definition) is 4. The van der Waals surface area contributed by atoms with Crippen molar-refractivity contribution in [2.45, 2.75) is 39.0 Å². The summed E-state index contributed by atoms with van der Waals surface area (Å²) in [6.07, 6.45) is 8.07. The number of hydrogen-bond donors (Lipinski definition) is 1. The Morgan fingerprint density at radius 1 is 1.37 bits per heavy atom. The molecule has 1 aliphatic carbocycles. The first-order chi connectivity index (χ1) is 9.16. The number of fused-ring (bicyclic) bond motifs is 1. The van der Waals surface area contributed by atoms with E-state index < -0.39 is 0 Å². The summed E-state index contributed by atoms with van der Waals surface area (Å²) in [5.41, 5.74) is 0.362. The van der Waals surface area contributed by atoms with E-state index in [1.165, 1.54) is 38.4 Å². The molecule has 0 radical (unpaired) electrons. The molecular formula is C13H18ClN5. The van der Waals surface area contributed by atoms with Crippen LogP contribution in [0.25, 0.3) is 5.78 Å². The Balaban J connectivity index is 1.79. The maximum absolute atomic E-state index is 6.00. The highest BCUT2D eigenvalue weighted by atomic mass is 35.5. The zero-order valence-corrected chi connectivity index (χ0v) is 11.8. The van der Waals surface area contributed by atoms with Gasteiger partial charge in [0.05, 0.1) is 0 Å². The number of rotatable bonds is 3. The zero-order chi connectivity index (χ0) is 13.3. The van der Waals surface area contributed by atoms with Gasteiger partial charge in [0.2, 0.25) is 0 Å². The van der Waals surface area contributed by atoms with Gasteiger partial charge in [0.1, 0.15) is 17.3 Å². The lowest BCUT2D eigenvalue weighted by Gasteiger charge is -2.33. The largest absolute Gasteiger partial charge is 0.369 e. The summed E-state index contributed by atoms with van der Waals surface area (Å²) in [4.78, 5) is 8.19. The third-order valence-electron chi connectivity index (χ3n) is 3.98. The molecule has 1 saturated carbocycles. The number of halogens is 1. The molecule has 1 fully saturated rings. The maximum Gasteiger partial charge on any atom is 0.255 e. The van der Waals surface area contributed by atoms with E-state index in [0.717, 1.165) is 12.4 Å². The molecule has 19 heavy (non-hydrogen) atoms. The standard InChI is InChI=1S/C13H18ClN5/c1-13(5-3-2-4-6-13)8-15-11-7-10(14)18-12-16-9-17-19(11)12/h7,9,15H,2-6,8H2,1H3. The molecule has 102 valence electrons. The Bertz CT molecular complexity index is 573. The predicted molar refractivity (Wildman–Crippen MR) is 75.5 cm³/mol. The third-order valence-corrected chi connectivity index (χ3v) is 4.17. The molecule has 6 heteroatoms. The van der Waals surface area contributed by atoms with Crippen molar-refractivity contribution < 1.29 is 0 Å². The third kappa shape index (κ3) is 2.66. The second kappa shape index (κ2) is 4.96. The van der Waals surface area contributed by atoms with Crippen LogP contribution in [0.2, 0.25) is 5.15 Å². The number of anilines is 1. The average molecular weight is 280 g/mol. The van der Waals surface area contributed by atoms with Crippen molar-refractivity contribution in [3.05, 3.63) is 17.5 Å². The lowest BCUT2D eigenvalue weighted by molar-refractivity contribution is 0.233. The van der Waals surface area contributed by atoms with Crippen molar-refractivity contribution in [1.29, 1.82) is 0 Å². The molecule has 1 aliphatic rings. The minimum absolute atomic E-state index is 0.362. The second-order valence-electron chi connectivity index (χ2n) is 5.66. The van der Waals surface area contributed by atoms with Gasteiger partial charge in [-0.15, -0.1) is 0 Å². The van der Waals surface area contributed by atoms with Gasteiger partial charge in [-0.2, -0.15) is 19.6 Å². The molecule has 0 unspecified atom stereocenters. The molecule has 0 amide bonds. The van der Waals surface area contributed by atoms with Crippen LogP contribution in [0.3, 0.4) is 0 Å². The van der Waals surface area contributed by atoms with Gasteiger partial charge in [-0.25, -0.2) is 0 Å². The molecule has 1 N–H and O–H groups in total. The summed E-state index contributed by atoms with van der Waals surface area (Å²) >= 11 is 6.00. The van der Waals surface area contributed by atoms with Crippen molar-refractivity contribution in [3.8, 4) is 0 Å². The zero-order valence-electron chi connectivity index (χ0n) is 11.1. The molecule has 0 saturated heterocycles. The fourth-order valence-corrected chi connectivity index (χ4v) is 2.97. The van der Waals surface area contributed by atoms with Crippen LogP contribution < -0.4 is 5.32 Å². The van der Waals surface area contributed by atoms with E-state index in [0.29, 0.717) is 16.3 Å². The monoisotopic (exact) mass is 279 g/mol. The maximum atomic E-state index is 6.00. The van der Waals surface area contributed by atoms with Crippen LogP contribution in [-0.2, 0) is 0 Å². The normalized spacial score (nSPS) is 18.6. The highest BCUT2D eigenvalue weighted by molar-refractivity contribution is 6.29. The summed E-state index contributed by atoms with van der Waals surface area (Å²) in [6, 6.07) is 1.80. The number of nitrogens with one attached hydrogen (secondary N) is 1. The molecule has 0 aromatic carbocycles. The molecule has 3 rings (SSSR count). The molecule has 2 heterocycles. The number of nitrogens with zero attached hydrogens (tertiary/aromatic N) is 4. The fourth-order valence-electron chi connectivity index (χ4n) is 2.80. The van der Waals surface area contributed by atoms with Gasteiger partial charge in [-0.05, 0) is 18.3 Å². The van der Waals surface area contributed by atoms with E-state index in [1.807, 2.05) is 0 Å². The summed E-state index contributed by atoms with van der Waals surface area (Å²) in [6.45, 7) is 3.28. The SMILES string of the molecule is CC1(CNc2cc(Cl)nc3ncnn23)CCCCC1. The highest BCUT2D eigenvalue weighted by Gasteiger charge is 2.26. The van der Waals surface area contributed by atoms with Crippen LogP contribution in [0, 0.1) is 5.41 Å². The first-order valence-corrected chi connectivity index (χ1v) is 7.14. The van der Waals surface area contributed by atoms with E-state index in [9.17, 15) is 0 Å². The van der Waals surface area contributed by atoms with Crippen molar-refractivity contribution in [1.82, 2.24) is 19.6 Å². The van der Waals surface area contributed by atoms with Gasteiger partial charge in [0.25, 0.3) is 5.78 Å². The quantitative estimate of drug-likeness (QED) is 0.877. The Morgan fingerprint density at radius 3 is 2.95 bits per heavy atom. The van der Waals surface area contributed by atoms with E-state index in [-0.39, 0.29) is 0 Å². The van der Waals surface area contributed by atoms with Crippen LogP contribution in [-0.4, -0.2) is 26.1 Å². The van der Waals surface area contributed by atoms with Crippen molar-refractivity contribution >= 4 is 23.2 Å². The van der Waals surface area contributed by atoms with Gasteiger partial charge in [0, 0.05) is 12.6 Å². The predicted octanol–water partition coefficient (Wildman–Crippen LogP) is 3.16. The Hall–Kier alpha value is -1.36. The molecule has 0 aliphatic heterocycles. The van der Waals surface area contributed by atoms with Gasteiger partial charge in [-0.1, -0.05) is 37.8 Å². The molecule has 0 bridgehead atoms.